The molecule has 1 aromatic carbocycles. The van der Waals surface area contributed by atoms with Gasteiger partial charge in [0.15, 0.2) is 0 Å². The predicted octanol–water partition coefficient (Wildman–Crippen LogP) is 2.54. The molecule has 19 heavy (non-hydrogen) atoms. The van der Waals surface area contributed by atoms with Crippen LogP contribution in [0.4, 0.5) is 0 Å². The molecular weight excluding hydrogens is 238 g/mol. The first-order chi connectivity index (χ1) is 9.35. The van der Waals surface area contributed by atoms with Crippen molar-refractivity contribution in [2.75, 3.05) is 7.11 Å². The molecule has 0 unspecified atom stereocenters. The van der Waals surface area contributed by atoms with Crippen LogP contribution in [0.5, 0.6) is 5.75 Å². The molecule has 0 atom stereocenters. The van der Waals surface area contributed by atoms with E-state index in [0.29, 0.717) is 0 Å². The Kier molecular flexibility index (Phi) is 3.14. The van der Waals surface area contributed by atoms with Crippen LogP contribution in [0.1, 0.15) is 17.2 Å². The molecule has 1 heterocycles. The van der Waals surface area contributed by atoms with Crippen molar-refractivity contribution in [3.63, 3.8) is 0 Å². The Morgan fingerprint density at radius 2 is 1.89 bits per heavy atom. The maximum atomic E-state index is 5.14. The predicted molar refractivity (Wildman–Crippen MR) is 73.1 cm³/mol. The van der Waals surface area contributed by atoms with Crippen LogP contribution in [0.25, 0.3) is 0 Å². The van der Waals surface area contributed by atoms with Gasteiger partial charge in [-0.15, -0.1) is 5.10 Å². The quantitative estimate of drug-likeness (QED) is 0.840. The van der Waals surface area contributed by atoms with Crippen LogP contribution in [0.3, 0.4) is 0 Å². The Bertz CT molecular complexity index is 599. The van der Waals surface area contributed by atoms with E-state index in [4.69, 9.17) is 4.74 Å². The molecule has 4 nitrogen and oxygen atoms in total. The zero-order valence-electron chi connectivity index (χ0n) is 10.7. The van der Waals surface area contributed by atoms with Crippen molar-refractivity contribution in [3.8, 4) is 5.75 Å². The molecule has 4 heteroatoms. The van der Waals surface area contributed by atoms with Crippen LogP contribution in [0, 0.1) is 0 Å². The van der Waals surface area contributed by atoms with Crippen LogP contribution < -0.4 is 4.74 Å². The standard InChI is InChI=1S/C15H15N3O/c1-19-14-8-6-12(7-9-14)10-18-11-15(16-17-18)13-4-2-3-5-13/h2-9,11,13H,10H2,1H3. The Morgan fingerprint density at radius 3 is 2.58 bits per heavy atom. The second-order valence-corrected chi connectivity index (χ2v) is 4.48. The van der Waals surface area contributed by atoms with Gasteiger partial charge in [0.05, 0.1) is 19.3 Å². The van der Waals surface area contributed by atoms with Crippen molar-refractivity contribution in [1.29, 1.82) is 0 Å². The van der Waals surface area contributed by atoms with E-state index in [1.54, 1.807) is 7.11 Å². The summed E-state index contributed by atoms with van der Waals surface area (Å²) in [6.07, 6.45) is 10.3. The number of aromatic nitrogens is 3. The number of methoxy groups -OCH3 is 1. The zero-order valence-corrected chi connectivity index (χ0v) is 10.7. The minimum Gasteiger partial charge on any atom is -0.497 e. The fourth-order valence-electron chi connectivity index (χ4n) is 2.09. The fourth-order valence-corrected chi connectivity index (χ4v) is 2.09. The number of hydrogen-bond donors (Lipinski definition) is 0. The van der Waals surface area contributed by atoms with E-state index in [1.807, 2.05) is 47.3 Å². The summed E-state index contributed by atoms with van der Waals surface area (Å²) in [6.45, 7) is 0.719. The van der Waals surface area contributed by atoms with Crippen LogP contribution in [0.2, 0.25) is 0 Å². The van der Waals surface area contributed by atoms with Crippen molar-refractivity contribution in [1.82, 2.24) is 15.0 Å². The molecule has 0 amide bonds. The molecule has 0 bridgehead atoms. The smallest absolute Gasteiger partial charge is 0.118 e. The lowest BCUT2D eigenvalue weighted by Crippen LogP contribution is -2.00. The molecule has 0 saturated heterocycles. The lowest BCUT2D eigenvalue weighted by atomic mass is 10.1. The average Bonchev–Trinajstić information content (AvgIpc) is 3.10. The van der Waals surface area contributed by atoms with Gasteiger partial charge in [-0.25, -0.2) is 4.68 Å². The van der Waals surface area contributed by atoms with Crippen molar-refractivity contribution < 1.29 is 4.74 Å². The molecule has 1 aliphatic rings. The molecule has 2 aromatic rings. The SMILES string of the molecule is COc1ccc(Cn2cc(C3C=CC=C3)nn2)cc1. The lowest BCUT2D eigenvalue weighted by Gasteiger charge is -2.03. The number of allylic oxidation sites excluding steroid dienone is 4. The van der Waals surface area contributed by atoms with E-state index in [1.165, 1.54) is 5.56 Å². The van der Waals surface area contributed by atoms with Crippen molar-refractivity contribution in [3.05, 3.63) is 66.0 Å². The normalized spacial score (nSPS) is 14.2. The molecule has 0 aliphatic heterocycles. The molecule has 1 aromatic heterocycles. The van der Waals surface area contributed by atoms with E-state index in [0.717, 1.165) is 18.0 Å². The summed E-state index contributed by atoms with van der Waals surface area (Å²) >= 11 is 0. The summed E-state index contributed by atoms with van der Waals surface area (Å²) in [6, 6.07) is 7.98. The van der Waals surface area contributed by atoms with E-state index in [9.17, 15) is 0 Å². The highest BCUT2D eigenvalue weighted by atomic mass is 16.5. The molecule has 0 fully saturated rings. The van der Waals surface area contributed by atoms with Gasteiger partial charge in [0.25, 0.3) is 0 Å². The summed E-state index contributed by atoms with van der Waals surface area (Å²) in [7, 11) is 1.67. The summed E-state index contributed by atoms with van der Waals surface area (Å²) in [4.78, 5) is 0. The topological polar surface area (TPSA) is 39.9 Å². The van der Waals surface area contributed by atoms with E-state index in [-0.39, 0.29) is 5.92 Å². The van der Waals surface area contributed by atoms with Gasteiger partial charge in [0.2, 0.25) is 0 Å². The summed E-state index contributed by atoms with van der Waals surface area (Å²) in [5.41, 5.74) is 2.16. The Hall–Kier alpha value is -2.36. The van der Waals surface area contributed by atoms with Gasteiger partial charge in [-0.3, -0.25) is 0 Å². The molecule has 0 saturated carbocycles. The number of ether oxygens (including phenoxy) is 1. The summed E-state index contributed by atoms with van der Waals surface area (Å²) in [5.74, 6) is 1.13. The largest absolute Gasteiger partial charge is 0.497 e. The third-order valence-corrected chi connectivity index (χ3v) is 3.15. The van der Waals surface area contributed by atoms with Crippen molar-refractivity contribution in [2.24, 2.45) is 0 Å². The van der Waals surface area contributed by atoms with Crippen LogP contribution in [-0.2, 0) is 6.54 Å². The molecule has 1 aliphatic carbocycles. The maximum Gasteiger partial charge on any atom is 0.118 e. The first kappa shape index (κ1) is 11.7. The molecule has 0 N–H and O–H groups in total. The Labute approximate surface area is 112 Å². The van der Waals surface area contributed by atoms with Crippen LogP contribution in [-0.4, -0.2) is 22.1 Å². The van der Waals surface area contributed by atoms with E-state index < -0.39 is 0 Å². The van der Waals surface area contributed by atoms with Gasteiger partial charge in [0.1, 0.15) is 5.75 Å². The van der Waals surface area contributed by atoms with Crippen molar-refractivity contribution >= 4 is 0 Å². The number of rotatable bonds is 4. The number of benzene rings is 1. The fraction of sp³-hybridized carbons (Fsp3) is 0.200. The second kappa shape index (κ2) is 5.10. The van der Waals surface area contributed by atoms with Gasteiger partial charge in [0, 0.05) is 12.1 Å². The Morgan fingerprint density at radius 1 is 1.16 bits per heavy atom. The minimum atomic E-state index is 0.268. The third kappa shape index (κ3) is 2.57. The Balaban J connectivity index is 1.72. The van der Waals surface area contributed by atoms with E-state index in [2.05, 4.69) is 22.5 Å². The first-order valence-corrected chi connectivity index (χ1v) is 6.23. The second-order valence-electron chi connectivity index (χ2n) is 4.48. The van der Waals surface area contributed by atoms with Gasteiger partial charge in [-0.2, -0.15) is 0 Å². The van der Waals surface area contributed by atoms with E-state index >= 15 is 0 Å². The van der Waals surface area contributed by atoms with Gasteiger partial charge >= 0.3 is 0 Å². The molecule has 0 spiro atoms. The highest BCUT2D eigenvalue weighted by Gasteiger charge is 2.11. The number of hydrogen-bond acceptors (Lipinski definition) is 3. The minimum absolute atomic E-state index is 0.268. The van der Waals surface area contributed by atoms with Crippen molar-refractivity contribution in [2.45, 2.75) is 12.5 Å². The molecular formula is C15H15N3O. The average molecular weight is 253 g/mol. The number of nitrogens with zero attached hydrogens (tertiary/aromatic N) is 3. The summed E-state index contributed by atoms with van der Waals surface area (Å²) < 4.78 is 7.00. The zero-order chi connectivity index (χ0) is 13.1. The van der Waals surface area contributed by atoms with Crippen LogP contribution in [0.15, 0.2) is 54.8 Å². The highest BCUT2D eigenvalue weighted by molar-refractivity contribution is 5.30. The molecule has 96 valence electrons. The van der Waals surface area contributed by atoms with Gasteiger partial charge in [-0.1, -0.05) is 41.7 Å². The monoisotopic (exact) mass is 253 g/mol. The summed E-state index contributed by atoms with van der Waals surface area (Å²) in [5, 5.41) is 8.38. The molecule has 3 rings (SSSR count). The van der Waals surface area contributed by atoms with Gasteiger partial charge in [-0.05, 0) is 17.7 Å². The maximum absolute atomic E-state index is 5.14. The molecule has 0 radical (unpaired) electrons. The lowest BCUT2D eigenvalue weighted by molar-refractivity contribution is 0.414. The first-order valence-electron chi connectivity index (χ1n) is 6.23. The highest BCUT2D eigenvalue weighted by Crippen LogP contribution is 2.20. The van der Waals surface area contributed by atoms with Crippen LogP contribution >= 0.6 is 0 Å². The third-order valence-electron chi connectivity index (χ3n) is 3.15. The van der Waals surface area contributed by atoms with Gasteiger partial charge < -0.3 is 4.74 Å².